The highest BCUT2D eigenvalue weighted by Gasteiger charge is 2.30. The van der Waals surface area contributed by atoms with Crippen LogP contribution in [-0.2, 0) is 16.1 Å². The van der Waals surface area contributed by atoms with Crippen LogP contribution in [-0.4, -0.2) is 29.8 Å². The second kappa shape index (κ2) is 9.22. The van der Waals surface area contributed by atoms with Crippen LogP contribution in [0, 0.1) is 11.8 Å². The molecular formula is C24H32N2O2. The monoisotopic (exact) mass is 380 g/mol. The highest BCUT2D eigenvalue weighted by molar-refractivity contribution is 5.89. The van der Waals surface area contributed by atoms with E-state index in [0.29, 0.717) is 6.54 Å². The number of fused-ring (bicyclic) bond motifs is 1. The first-order valence-corrected chi connectivity index (χ1v) is 10.5. The largest absolute Gasteiger partial charge is 0.344 e. The van der Waals surface area contributed by atoms with E-state index in [0.717, 1.165) is 31.2 Å². The third-order valence-corrected chi connectivity index (χ3v) is 5.82. The summed E-state index contributed by atoms with van der Waals surface area (Å²) >= 11 is 0. The van der Waals surface area contributed by atoms with Crippen LogP contribution < -0.4 is 5.32 Å². The molecule has 150 valence electrons. The number of nitrogens with one attached hydrogen (secondary N) is 1. The van der Waals surface area contributed by atoms with Gasteiger partial charge >= 0.3 is 0 Å². The van der Waals surface area contributed by atoms with Crippen molar-refractivity contribution in [3.8, 4) is 0 Å². The lowest BCUT2D eigenvalue weighted by Gasteiger charge is -2.29. The van der Waals surface area contributed by atoms with Crippen LogP contribution >= 0.6 is 0 Å². The Labute approximate surface area is 168 Å². The third kappa shape index (κ3) is 4.92. The zero-order valence-corrected chi connectivity index (χ0v) is 17.3. The molecule has 3 rings (SSSR count). The van der Waals surface area contributed by atoms with Gasteiger partial charge in [-0.25, -0.2) is 0 Å². The Morgan fingerprint density at radius 3 is 2.39 bits per heavy atom. The first-order valence-electron chi connectivity index (χ1n) is 10.5. The second-order valence-corrected chi connectivity index (χ2v) is 8.44. The summed E-state index contributed by atoms with van der Waals surface area (Å²) < 4.78 is 0. The maximum atomic E-state index is 13.1. The van der Waals surface area contributed by atoms with Gasteiger partial charge in [-0.15, -0.1) is 0 Å². The number of hydrogen-bond donors (Lipinski definition) is 1. The van der Waals surface area contributed by atoms with Crippen molar-refractivity contribution in [3.05, 3.63) is 48.0 Å². The molecule has 0 saturated heterocycles. The summed E-state index contributed by atoms with van der Waals surface area (Å²) in [6, 6.07) is 14.0. The second-order valence-electron chi connectivity index (χ2n) is 8.44. The molecule has 1 unspecified atom stereocenters. The zero-order chi connectivity index (χ0) is 20.1. The molecule has 1 fully saturated rings. The summed E-state index contributed by atoms with van der Waals surface area (Å²) in [7, 11) is 1.82. The predicted octanol–water partition coefficient (Wildman–Crippen LogP) is 4.52. The molecule has 0 radical (unpaired) electrons. The molecular weight excluding hydrogens is 348 g/mol. The number of carbonyl (C=O) groups excluding carboxylic acids is 2. The molecule has 1 atom stereocenters. The minimum absolute atomic E-state index is 0.0210. The van der Waals surface area contributed by atoms with Gasteiger partial charge in [-0.05, 0) is 41.2 Å². The van der Waals surface area contributed by atoms with Crippen LogP contribution in [0.4, 0.5) is 0 Å². The van der Waals surface area contributed by atoms with E-state index in [1.165, 1.54) is 17.2 Å². The molecule has 0 aliphatic heterocycles. The molecule has 28 heavy (non-hydrogen) atoms. The molecule has 1 saturated carbocycles. The van der Waals surface area contributed by atoms with Gasteiger partial charge in [0.15, 0.2) is 0 Å². The van der Waals surface area contributed by atoms with Crippen LogP contribution in [0.15, 0.2) is 42.5 Å². The number of nitrogens with zero attached hydrogens (tertiary/aromatic N) is 1. The van der Waals surface area contributed by atoms with Gasteiger partial charge in [0.25, 0.3) is 0 Å². The average Bonchev–Trinajstić information content (AvgIpc) is 2.71. The fourth-order valence-electron chi connectivity index (χ4n) is 4.08. The number of hydrogen-bond acceptors (Lipinski definition) is 2. The van der Waals surface area contributed by atoms with E-state index in [4.69, 9.17) is 0 Å². The highest BCUT2D eigenvalue weighted by Crippen LogP contribution is 2.24. The lowest BCUT2D eigenvalue weighted by atomic mass is 9.88. The van der Waals surface area contributed by atoms with Crippen molar-refractivity contribution in [2.24, 2.45) is 11.8 Å². The molecule has 0 spiro atoms. The number of amides is 2. The van der Waals surface area contributed by atoms with E-state index in [-0.39, 0.29) is 23.7 Å². The normalized spacial score (nSPS) is 16.1. The Bertz CT molecular complexity index is 824. The van der Waals surface area contributed by atoms with Gasteiger partial charge in [-0.3, -0.25) is 9.59 Å². The Balaban J connectivity index is 1.66. The Hall–Kier alpha value is -2.36. The summed E-state index contributed by atoms with van der Waals surface area (Å²) in [4.78, 5) is 27.5. The van der Waals surface area contributed by atoms with Crippen molar-refractivity contribution < 1.29 is 9.59 Å². The van der Waals surface area contributed by atoms with Crippen molar-refractivity contribution >= 4 is 22.6 Å². The molecule has 2 aromatic rings. The predicted molar refractivity (Wildman–Crippen MR) is 114 cm³/mol. The fourth-order valence-corrected chi connectivity index (χ4v) is 4.08. The Morgan fingerprint density at radius 1 is 1.04 bits per heavy atom. The lowest BCUT2D eigenvalue weighted by molar-refractivity contribution is -0.138. The summed E-state index contributed by atoms with van der Waals surface area (Å²) in [6.45, 7) is 4.52. The number of rotatable bonds is 6. The highest BCUT2D eigenvalue weighted by atomic mass is 16.2. The molecule has 1 N–H and O–H groups in total. The molecule has 0 aromatic heterocycles. The van der Waals surface area contributed by atoms with Crippen molar-refractivity contribution in [3.63, 3.8) is 0 Å². The van der Waals surface area contributed by atoms with E-state index in [2.05, 4.69) is 35.6 Å². The van der Waals surface area contributed by atoms with Crippen LogP contribution in [0.1, 0.15) is 51.5 Å². The topological polar surface area (TPSA) is 49.4 Å². The van der Waals surface area contributed by atoms with Gasteiger partial charge in [-0.2, -0.15) is 0 Å². The quantitative estimate of drug-likeness (QED) is 0.801. The molecule has 2 amide bonds. The first-order chi connectivity index (χ1) is 13.5. The summed E-state index contributed by atoms with van der Waals surface area (Å²) in [5.74, 6) is 0.144. The molecule has 0 bridgehead atoms. The van der Waals surface area contributed by atoms with Crippen LogP contribution in [0.25, 0.3) is 10.8 Å². The summed E-state index contributed by atoms with van der Waals surface area (Å²) in [6.07, 6.45) is 5.32. The van der Waals surface area contributed by atoms with E-state index in [9.17, 15) is 9.59 Å². The third-order valence-electron chi connectivity index (χ3n) is 5.82. The Kier molecular flexibility index (Phi) is 6.71. The van der Waals surface area contributed by atoms with E-state index in [1.807, 2.05) is 33.0 Å². The standard InChI is InChI=1S/C24H32N2O2/c1-17(2)22(25-23(27)20-10-5-4-6-11-20)24(28)26(3)16-18-13-14-19-9-7-8-12-21(19)15-18/h7-9,12-15,17,20,22H,4-6,10-11,16H2,1-3H3,(H,25,27). The van der Waals surface area contributed by atoms with Gasteiger partial charge in [0.2, 0.25) is 11.8 Å². The SMILES string of the molecule is CC(C)C(NC(=O)C1CCCCC1)C(=O)N(C)Cc1ccc2ccccc2c1. The van der Waals surface area contributed by atoms with Gasteiger partial charge < -0.3 is 10.2 Å². The summed E-state index contributed by atoms with van der Waals surface area (Å²) in [5, 5.41) is 5.42. The lowest BCUT2D eigenvalue weighted by Crippen LogP contribution is -2.51. The molecule has 4 nitrogen and oxygen atoms in total. The van der Waals surface area contributed by atoms with E-state index < -0.39 is 6.04 Å². The molecule has 1 aliphatic rings. The van der Waals surface area contributed by atoms with Crippen molar-refractivity contribution in [2.75, 3.05) is 7.05 Å². The minimum Gasteiger partial charge on any atom is -0.344 e. The smallest absolute Gasteiger partial charge is 0.245 e. The van der Waals surface area contributed by atoms with Gasteiger partial charge in [0.1, 0.15) is 6.04 Å². The fraction of sp³-hybridized carbons (Fsp3) is 0.500. The van der Waals surface area contributed by atoms with Crippen molar-refractivity contribution in [2.45, 2.75) is 58.5 Å². The van der Waals surface area contributed by atoms with E-state index >= 15 is 0 Å². The first kappa shape index (κ1) is 20.4. The van der Waals surface area contributed by atoms with Gasteiger partial charge in [0.05, 0.1) is 0 Å². The number of carbonyl (C=O) groups is 2. The molecule has 1 aliphatic carbocycles. The minimum atomic E-state index is -0.472. The van der Waals surface area contributed by atoms with Gasteiger partial charge in [-0.1, -0.05) is 69.5 Å². The Morgan fingerprint density at radius 2 is 1.71 bits per heavy atom. The molecule has 4 heteroatoms. The number of benzene rings is 2. The number of likely N-dealkylation sites (N-methyl/N-ethyl adjacent to an activating group) is 1. The van der Waals surface area contributed by atoms with Crippen LogP contribution in [0.3, 0.4) is 0 Å². The van der Waals surface area contributed by atoms with E-state index in [1.54, 1.807) is 4.90 Å². The van der Waals surface area contributed by atoms with Gasteiger partial charge in [0, 0.05) is 19.5 Å². The van der Waals surface area contributed by atoms with Crippen molar-refractivity contribution in [1.82, 2.24) is 10.2 Å². The van der Waals surface area contributed by atoms with Crippen molar-refractivity contribution in [1.29, 1.82) is 0 Å². The average molecular weight is 381 g/mol. The summed E-state index contributed by atoms with van der Waals surface area (Å²) in [5.41, 5.74) is 1.09. The zero-order valence-electron chi connectivity index (χ0n) is 17.3. The molecule has 0 heterocycles. The van der Waals surface area contributed by atoms with Crippen LogP contribution in [0.5, 0.6) is 0 Å². The maximum Gasteiger partial charge on any atom is 0.245 e. The van der Waals surface area contributed by atoms with Crippen LogP contribution in [0.2, 0.25) is 0 Å². The molecule has 2 aromatic carbocycles. The maximum absolute atomic E-state index is 13.1.